The number of pyridine rings is 1. The molecule has 1 atom stereocenters. The van der Waals surface area contributed by atoms with Crippen LogP contribution >= 0.6 is 11.6 Å². The molecule has 6 nitrogen and oxygen atoms in total. The van der Waals surface area contributed by atoms with Gasteiger partial charge in [0.2, 0.25) is 11.8 Å². The van der Waals surface area contributed by atoms with Crippen LogP contribution in [-0.4, -0.2) is 36.4 Å². The number of amides is 1. The van der Waals surface area contributed by atoms with Gasteiger partial charge in [-0.3, -0.25) is 4.79 Å². The van der Waals surface area contributed by atoms with E-state index in [1.165, 1.54) is 12.1 Å². The molecule has 0 saturated heterocycles. The van der Waals surface area contributed by atoms with E-state index in [1.54, 1.807) is 17.0 Å². The minimum atomic E-state index is -2.26. The standard InChI is InChI=1S/C36H42ClFN4O2Si/c1-9-17-41-21-25(31-27(37)11-10-12-29(31)41)19-28(39)34(43)42-22-36(5,6)32-30(42)20-24(18-23-13-15-26(38)16-14-23)33(40-32)44-45(7,8)35(2,3)4/h1,10-16,20-21,28H,17-19,22,39H2,2-8H3/t28-/m0/s1. The summed E-state index contributed by atoms with van der Waals surface area (Å²) in [5, 5.41) is 1.40. The van der Waals surface area contributed by atoms with E-state index < -0.39 is 19.8 Å². The van der Waals surface area contributed by atoms with Crippen LogP contribution in [0.1, 0.15) is 57.0 Å². The summed E-state index contributed by atoms with van der Waals surface area (Å²) in [6.07, 6.45) is 8.33. The van der Waals surface area contributed by atoms with Gasteiger partial charge >= 0.3 is 0 Å². The number of hydrogen-bond donors (Lipinski definition) is 1. The summed E-state index contributed by atoms with van der Waals surface area (Å²) < 4.78 is 22.5. The quantitative estimate of drug-likeness (QED) is 0.158. The number of nitrogens with two attached hydrogens (primary N) is 1. The molecule has 0 saturated carbocycles. The van der Waals surface area contributed by atoms with Crippen molar-refractivity contribution in [1.29, 1.82) is 0 Å². The van der Waals surface area contributed by atoms with E-state index in [0.717, 1.165) is 39.0 Å². The Balaban J connectivity index is 1.53. The van der Waals surface area contributed by atoms with Crippen LogP contribution in [0, 0.1) is 18.2 Å². The van der Waals surface area contributed by atoms with Crippen LogP contribution in [0.4, 0.5) is 10.1 Å². The molecule has 1 amide bonds. The first kappa shape index (κ1) is 32.7. The first-order valence-electron chi connectivity index (χ1n) is 15.3. The summed E-state index contributed by atoms with van der Waals surface area (Å²) in [5.41, 5.74) is 11.3. The molecule has 2 N–H and O–H groups in total. The van der Waals surface area contributed by atoms with Crippen LogP contribution < -0.4 is 15.1 Å². The molecule has 0 bridgehead atoms. The lowest BCUT2D eigenvalue weighted by Crippen LogP contribution is -2.46. The Morgan fingerprint density at radius 1 is 1.20 bits per heavy atom. The lowest BCUT2D eigenvalue weighted by Gasteiger charge is -2.36. The third-order valence-corrected chi connectivity index (χ3v) is 13.8. The number of carbonyl (C=O) groups is 1. The number of anilines is 1. The summed E-state index contributed by atoms with van der Waals surface area (Å²) in [5.74, 6) is 2.77. The largest absolute Gasteiger partial charge is 0.530 e. The summed E-state index contributed by atoms with van der Waals surface area (Å²) in [6, 6.07) is 13.3. The summed E-state index contributed by atoms with van der Waals surface area (Å²) >= 11 is 6.61. The van der Waals surface area contributed by atoms with Crippen molar-refractivity contribution in [1.82, 2.24) is 9.55 Å². The van der Waals surface area contributed by atoms with Gasteiger partial charge in [-0.2, -0.15) is 0 Å². The molecule has 5 rings (SSSR count). The molecule has 1 aliphatic heterocycles. The lowest BCUT2D eigenvalue weighted by atomic mass is 9.91. The summed E-state index contributed by atoms with van der Waals surface area (Å²) in [6.45, 7) is 15.9. The third kappa shape index (κ3) is 6.39. The van der Waals surface area contributed by atoms with Gasteiger partial charge < -0.3 is 19.6 Å². The lowest BCUT2D eigenvalue weighted by molar-refractivity contribution is -0.119. The molecule has 0 fully saturated rings. The van der Waals surface area contributed by atoms with Crippen LogP contribution in [0.3, 0.4) is 0 Å². The minimum absolute atomic E-state index is 0.0443. The number of benzene rings is 2. The Kier molecular flexibility index (Phi) is 8.69. The fourth-order valence-electron chi connectivity index (χ4n) is 5.71. The molecule has 0 spiro atoms. The van der Waals surface area contributed by atoms with Gasteiger partial charge in [-0.1, -0.05) is 70.3 Å². The minimum Gasteiger partial charge on any atom is -0.530 e. The van der Waals surface area contributed by atoms with Crippen molar-refractivity contribution in [3.05, 3.63) is 88.0 Å². The molecule has 45 heavy (non-hydrogen) atoms. The van der Waals surface area contributed by atoms with Gasteiger partial charge in [0.15, 0.2) is 0 Å². The fraction of sp³-hybridized carbons (Fsp3) is 0.389. The summed E-state index contributed by atoms with van der Waals surface area (Å²) in [7, 11) is -2.26. The van der Waals surface area contributed by atoms with Gasteiger partial charge in [0, 0.05) is 35.5 Å². The molecular formula is C36H42ClFN4O2Si. The van der Waals surface area contributed by atoms with Crippen molar-refractivity contribution >= 4 is 42.4 Å². The van der Waals surface area contributed by atoms with Gasteiger partial charge in [0.05, 0.1) is 34.5 Å². The zero-order valence-electron chi connectivity index (χ0n) is 27.2. The topological polar surface area (TPSA) is 73.4 Å². The highest BCUT2D eigenvalue weighted by atomic mass is 35.5. The molecule has 236 valence electrons. The Bertz CT molecular complexity index is 1800. The van der Waals surface area contributed by atoms with Crippen molar-refractivity contribution in [3.8, 4) is 18.2 Å². The van der Waals surface area contributed by atoms with Crippen LogP contribution in [0.15, 0.2) is 54.7 Å². The van der Waals surface area contributed by atoms with Crippen LogP contribution in [-0.2, 0) is 29.6 Å². The molecule has 2 aromatic heterocycles. The van der Waals surface area contributed by atoms with Gasteiger partial charge in [-0.05, 0) is 66.0 Å². The van der Waals surface area contributed by atoms with Crippen molar-refractivity contribution in [2.24, 2.45) is 5.73 Å². The van der Waals surface area contributed by atoms with Crippen LogP contribution in [0.2, 0.25) is 23.2 Å². The van der Waals surface area contributed by atoms with Crippen LogP contribution in [0.25, 0.3) is 10.9 Å². The second-order valence-electron chi connectivity index (χ2n) is 14.2. The Labute approximate surface area is 271 Å². The van der Waals surface area contributed by atoms with Gasteiger partial charge in [-0.15, -0.1) is 6.42 Å². The highest BCUT2D eigenvalue weighted by Gasteiger charge is 2.44. The van der Waals surface area contributed by atoms with Gasteiger partial charge in [-0.25, -0.2) is 9.37 Å². The SMILES string of the molecule is C#CCn1cc(C[C@H](N)C(=O)N2CC(C)(C)c3nc(O[Si](C)(C)C(C)(C)C)c(Cc4ccc(F)cc4)cc32)c2c(Cl)cccc21. The molecule has 1 aliphatic rings. The normalized spacial score (nSPS) is 15.2. The Morgan fingerprint density at radius 2 is 1.89 bits per heavy atom. The number of nitrogens with zero attached hydrogens (tertiary/aromatic N) is 3. The number of carbonyl (C=O) groups excluding carboxylic acids is 1. The van der Waals surface area contributed by atoms with E-state index in [-0.39, 0.29) is 16.8 Å². The predicted octanol–water partition coefficient (Wildman–Crippen LogP) is 7.63. The maximum Gasteiger partial charge on any atom is 0.252 e. The average Bonchev–Trinajstić information content (AvgIpc) is 3.43. The van der Waals surface area contributed by atoms with E-state index in [1.807, 2.05) is 35.0 Å². The molecule has 0 unspecified atom stereocenters. The molecule has 3 heterocycles. The number of fused-ring (bicyclic) bond motifs is 2. The van der Waals surface area contributed by atoms with E-state index in [4.69, 9.17) is 33.2 Å². The van der Waals surface area contributed by atoms with Crippen LogP contribution in [0.5, 0.6) is 5.88 Å². The van der Waals surface area contributed by atoms with E-state index >= 15 is 0 Å². The van der Waals surface area contributed by atoms with E-state index in [0.29, 0.717) is 36.8 Å². The number of rotatable bonds is 8. The monoisotopic (exact) mass is 644 g/mol. The van der Waals surface area contributed by atoms with E-state index in [9.17, 15) is 9.18 Å². The Morgan fingerprint density at radius 3 is 2.53 bits per heavy atom. The van der Waals surface area contributed by atoms with Gasteiger partial charge in [0.25, 0.3) is 8.32 Å². The molecule has 0 aliphatic carbocycles. The third-order valence-electron chi connectivity index (χ3n) is 9.21. The van der Waals surface area contributed by atoms with Crippen molar-refractivity contribution in [2.75, 3.05) is 11.4 Å². The van der Waals surface area contributed by atoms with Crippen molar-refractivity contribution < 1.29 is 13.6 Å². The first-order valence-corrected chi connectivity index (χ1v) is 18.6. The average molecular weight is 645 g/mol. The highest BCUT2D eigenvalue weighted by molar-refractivity contribution is 6.74. The zero-order chi connectivity index (χ0) is 32.9. The van der Waals surface area contributed by atoms with Crippen molar-refractivity contribution in [3.63, 3.8) is 0 Å². The Hall–Kier alpha value is -3.64. The first-order chi connectivity index (χ1) is 21.0. The number of hydrogen-bond acceptors (Lipinski definition) is 4. The van der Waals surface area contributed by atoms with Crippen molar-refractivity contribution in [2.45, 2.75) is 83.6 Å². The second kappa shape index (κ2) is 11.9. The summed E-state index contributed by atoms with van der Waals surface area (Å²) in [4.78, 5) is 21.0. The van der Waals surface area contributed by atoms with E-state index in [2.05, 4.69) is 53.6 Å². The smallest absolute Gasteiger partial charge is 0.252 e. The number of halogens is 2. The van der Waals surface area contributed by atoms with Gasteiger partial charge in [0.1, 0.15) is 5.82 Å². The fourth-order valence-corrected chi connectivity index (χ4v) is 6.97. The second-order valence-corrected chi connectivity index (χ2v) is 19.4. The number of aromatic nitrogens is 2. The molecule has 9 heteroatoms. The maximum atomic E-state index is 14.1. The molecular weight excluding hydrogens is 603 g/mol. The zero-order valence-corrected chi connectivity index (χ0v) is 28.9. The molecule has 2 aromatic carbocycles. The number of terminal acetylenes is 1. The molecule has 0 radical (unpaired) electrons. The highest BCUT2D eigenvalue weighted by Crippen LogP contribution is 2.44. The molecule has 4 aromatic rings. The maximum absolute atomic E-state index is 14.1. The predicted molar refractivity (Wildman–Crippen MR) is 184 cm³/mol.